The number of halogens is 1. The third-order valence-electron chi connectivity index (χ3n) is 1.12. The number of nitrogens with one attached hydrogen (secondary N) is 2. The smallest absolute Gasteiger partial charge is 0.135 e. The van der Waals surface area contributed by atoms with Gasteiger partial charge in [0, 0.05) is 19.1 Å². The number of hydrogen-bond donors (Lipinski definition) is 3. The predicted molar refractivity (Wildman–Crippen MR) is 33.6 cm³/mol. The summed E-state index contributed by atoms with van der Waals surface area (Å²) in [5, 5.41) is 5.92. The average molecular weight is 136 g/mol. The molecular weight excluding hydrogens is 126 g/mol. The van der Waals surface area contributed by atoms with Crippen LogP contribution in [0, 0.1) is 0 Å². The highest BCUT2D eigenvalue weighted by Crippen LogP contribution is 1.90. The highest BCUT2D eigenvalue weighted by atomic mass is 35.5. The lowest BCUT2D eigenvalue weighted by Crippen LogP contribution is -2.55. The standard InChI is InChI=1S/C4H10ClN3/c5-4-7-1-3(6)2-8-4/h3-4,7-8H,1-2,6H2. The molecule has 48 valence electrons. The molecule has 0 spiro atoms. The van der Waals surface area contributed by atoms with Gasteiger partial charge >= 0.3 is 0 Å². The second-order valence-corrected chi connectivity index (χ2v) is 2.38. The minimum atomic E-state index is -0.0881. The molecule has 8 heavy (non-hydrogen) atoms. The Bertz CT molecular complexity index is 59.7. The molecule has 4 N–H and O–H groups in total. The van der Waals surface area contributed by atoms with Crippen molar-refractivity contribution in [3.63, 3.8) is 0 Å². The van der Waals surface area contributed by atoms with E-state index < -0.39 is 0 Å². The van der Waals surface area contributed by atoms with Gasteiger partial charge in [-0.1, -0.05) is 11.6 Å². The summed E-state index contributed by atoms with van der Waals surface area (Å²) in [6, 6.07) is 0.213. The maximum Gasteiger partial charge on any atom is 0.135 e. The van der Waals surface area contributed by atoms with Crippen molar-refractivity contribution in [2.75, 3.05) is 13.1 Å². The van der Waals surface area contributed by atoms with Crippen molar-refractivity contribution in [1.82, 2.24) is 10.6 Å². The summed E-state index contributed by atoms with van der Waals surface area (Å²) in [4.78, 5) is 0. The fourth-order valence-electron chi connectivity index (χ4n) is 0.654. The van der Waals surface area contributed by atoms with Crippen molar-refractivity contribution >= 4 is 11.6 Å². The van der Waals surface area contributed by atoms with E-state index in [9.17, 15) is 0 Å². The van der Waals surface area contributed by atoms with Gasteiger partial charge in [-0.25, -0.2) is 0 Å². The van der Waals surface area contributed by atoms with Gasteiger partial charge in [-0.15, -0.1) is 0 Å². The largest absolute Gasteiger partial charge is 0.326 e. The molecule has 3 nitrogen and oxygen atoms in total. The van der Waals surface area contributed by atoms with Gasteiger partial charge in [0.1, 0.15) is 5.62 Å². The lowest BCUT2D eigenvalue weighted by atomic mass is 10.3. The lowest BCUT2D eigenvalue weighted by molar-refractivity contribution is 0.414. The Kier molecular flexibility index (Phi) is 2.08. The summed E-state index contributed by atoms with van der Waals surface area (Å²) in [5.41, 5.74) is 5.43. The third-order valence-corrected chi connectivity index (χ3v) is 1.43. The lowest BCUT2D eigenvalue weighted by Gasteiger charge is -2.24. The second kappa shape index (κ2) is 2.64. The van der Waals surface area contributed by atoms with E-state index in [-0.39, 0.29) is 11.7 Å². The van der Waals surface area contributed by atoms with Gasteiger partial charge in [-0.2, -0.15) is 0 Å². The molecule has 0 aromatic rings. The van der Waals surface area contributed by atoms with E-state index >= 15 is 0 Å². The summed E-state index contributed by atoms with van der Waals surface area (Å²) in [6.45, 7) is 1.61. The van der Waals surface area contributed by atoms with E-state index in [0.29, 0.717) is 0 Å². The van der Waals surface area contributed by atoms with Gasteiger partial charge in [0.05, 0.1) is 0 Å². The quantitative estimate of drug-likeness (QED) is 0.296. The summed E-state index contributed by atoms with van der Waals surface area (Å²) >= 11 is 5.60. The van der Waals surface area contributed by atoms with Crippen molar-refractivity contribution in [2.24, 2.45) is 5.73 Å². The fourth-order valence-corrected chi connectivity index (χ4v) is 0.832. The Morgan fingerprint density at radius 2 is 1.88 bits per heavy atom. The van der Waals surface area contributed by atoms with Crippen molar-refractivity contribution in [3.8, 4) is 0 Å². The average Bonchev–Trinajstić information content (AvgIpc) is 1.77. The first-order chi connectivity index (χ1) is 3.79. The molecule has 0 aliphatic carbocycles. The molecule has 1 aliphatic rings. The molecule has 1 saturated heterocycles. The van der Waals surface area contributed by atoms with E-state index in [2.05, 4.69) is 10.6 Å². The molecule has 0 saturated carbocycles. The Labute approximate surface area is 53.6 Å². The summed E-state index contributed by atoms with van der Waals surface area (Å²) in [5.74, 6) is 0. The van der Waals surface area contributed by atoms with Crippen molar-refractivity contribution in [1.29, 1.82) is 0 Å². The molecule has 1 fully saturated rings. The number of rotatable bonds is 0. The van der Waals surface area contributed by atoms with Crippen molar-refractivity contribution in [3.05, 3.63) is 0 Å². The number of alkyl halides is 1. The molecule has 0 aromatic heterocycles. The van der Waals surface area contributed by atoms with Crippen LogP contribution in [0.2, 0.25) is 0 Å². The molecule has 1 heterocycles. The van der Waals surface area contributed by atoms with Crippen LogP contribution in [0.3, 0.4) is 0 Å². The van der Waals surface area contributed by atoms with Gasteiger partial charge in [0.2, 0.25) is 0 Å². The number of nitrogens with two attached hydrogens (primary N) is 1. The molecular formula is C4H10ClN3. The first-order valence-corrected chi connectivity index (χ1v) is 3.09. The van der Waals surface area contributed by atoms with Gasteiger partial charge < -0.3 is 5.73 Å². The van der Waals surface area contributed by atoms with Crippen LogP contribution in [-0.4, -0.2) is 24.8 Å². The van der Waals surface area contributed by atoms with E-state index in [0.717, 1.165) is 13.1 Å². The summed E-state index contributed by atoms with van der Waals surface area (Å²) in [7, 11) is 0. The molecule has 0 bridgehead atoms. The fraction of sp³-hybridized carbons (Fsp3) is 1.00. The van der Waals surface area contributed by atoms with Crippen LogP contribution in [0.15, 0.2) is 0 Å². The number of hydrogen-bond acceptors (Lipinski definition) is 3. The van der Waals surface area contributed by atoms with Crippen LogP contribution in [-0.2, 0) is 0 Å². The first kappa shape index (κ1) is 6.29. The topological polar surface area (TPSA) is 50.1 Å². The maximum absolute atomic E-state index is 5.60. The van der Waals surface area contributed by atoms with Crippen LogP contribution in [0.1, 0.15) is 0 Å². The highest BCUT2D eigenvalue weighted by molar-refractivity contribution is 6.20. The molecule has 0 aromatic carbocycles. The molecule has 1 rings (SSSR count). The minimum Gasteiger partial charge on any atom is -0.326 e. The first-order valence-electron chi connectivity index (χ1n) is 2.65. The van der Waals surface area contributed by atoms with Crippen LogP contribution in [0.25, 0.3) is 0 Å². The van der Waals surface area contributed by atoms with Gasteiger partial charge in [-0.05, 0) is 0 Å². The van der Waals surface area contributed by atoms with E-state index in [1.165, 1.54) is 0 Å². The van der Waals surface area contributed by atoms with Crippen molar-refractivity contribution < 1.29 is 0 Å². The molecule has 0 amide bonds. The van der Waals surface area contributed by atoms with Crippen LogP contribution in [0.4, 0.5) is 0 Å². The normalized spacial score (nSPS) is 39.8. The van der Waals surface area contributed by atoms with Gasteiger partial charge in [0.15, 0.2) is 0 Å². The van der Waals surface area contributed by atoms with E-state index in [1.54, 1.807) is 0 Å². The Morgan fingerprint density at radius 1 is 1.38 bits per heavy atom. The Hall–Kier alpha value is 0.170. The predicted octanol–water partition coefficient (Wildman–Crippen LogP) is -0.971. The zero-order chi connectivity index (χ0) is 5.98. The molecule has 0 unspecified atom stereocenters. The minimum absolute atomic E-state index is 0.0881. The Balaban J connectivity index is 2.19. The van der Waals surface area contributed by atoms with Gasteiger partial charge in [0.25, 0.3) is 0 Å². The van der Waals surface area contributed by atoms with E-state index in [4.69, 9.17) is 17.3 Å². The second-order valence-electron chi connectivity index (χ2n) is 1.94. The molecule has 0 radical (unpaired) electrons. The third kappa shape index (κ3) is 1.59. The maximum atomic E-state index is 5.60. The molecule has 1 aliphatic heterocycles. The SMILES string of the molecule is NC1CNC(Cl)NC1. The summed E-state index contributed by atoms with van der Waals surface area (Å²) < 4.78 is 0. The van der Waals surface area contributed by atoms with Crippen LogP contribution >= 0.6 is 11.6 Å². The monoisotopic (exact) mass is 135 g/mol. The van der Waals surface area contributed by atoms with E-state index in [1.807, 2.05) is 0 Å². The van der Waals surface area contributed by atoms with Crippen molar-refractivity contribution in [2.45, 2.75) is 11.7 Å². The zero-order valence-electron chi connectivity index (χ0n) is 4.52. The van der Waals surface area contributed by atoms with Crippen LogP contribution < -0.4 is 16.4 Å². The molecule has 4 heteroatoms. The molecule has 0 atom stereocenters. The Morgan fingerprint density at radius 3 is 2.25 bits per heavy atom. The summed E-state index contributed by atoms with van der Waals surface area (Å²) in [6.07, 6.45) is 0. The van der Waals surface area contributed by atoms with Gasteiger partial charge in [-0.3, -0.25) is 10.6 Å². The zero-order valence-corrected chi connectivity index (χ0v) is 5.28. The highest BCUT2D eigenvalue weighted by Gasteiger charge is 2.12. The van der Waals surface area contributed by atoms with Crippen LogP contribution in [0.5, 0.6) is 0 Å².